The van der Waals surface area contributed by atoms with Gasteiger partial charge in [-0.3, -0.25) is 4.89 Å². The van der Waals surface area contributed by atoms with Crippen LogP contribution in [0.25, 0.3) is 0 Å². The van der Waals surface area contributed by atoms with E-state index in [1.54, 1.807) is 0 Å². The summed E-state index contributed by atoms with van der Waals surface area (Å²) in [4.78, 5) is 18.0. The van der Waals surface area contributed by atoms with Crippen LogP contribution in [0, 0.1) is 0 Å². The highest BCUT2D eigenvalue weighted by atomic mass is 17.2. The van der Waals surface area contributed by atoms with E-state index in [4.69, 9.17) is 10.2 Å². The lowest BCUT2D eigenvalue weighted by atomic mass is 10.8. The Bertz CT molecular complexity index is 93.1. The summed E-state index contributed by atoms with van der Waals surface area (Å²) in [6.45, 7) is 0.366. The fraction of sp³-hybridized carbons (Fsp3) is 0.800. The normalized spacial score (nSPS) is 15.6. The third-order valence-corrected chi connectivity index (χ3v) is 0.614. The molecule has 6 heteroatoms. The van der Waals surface area contributed by atoms with Crippen molar-refractivity contribution in [3.8, 4) is 0 Å². The number of carbonyl (C=O) groups is 1. The van der Waals surface area contributed by atoms with Gasteiger partial charge in [-0.1, -0.05) is 0 Å². The van der Waals surface area contributed by atoms with E-state index in [9.17, 15) is 4.79 Å². The van der Waals surface area contributed by atoms with E-state index < -0.39 is 6.16 Å². The van der Waals surface area contributed by atoms with Crippen LogP contribution in [-0.4, -0.2) is 42.8 Å². The number of carbonyl (C=O) groups excluding carboxylic acids is 1. The van der Waals surface area contributed by atoms with Gasteiger partial charge in [0.05, 0.1) is 13.2 Å². The fourth-order valence-corrected chi connectivity index (χ4v) is 0.273. The summed E-state index contributed by atoms with van der Waals surface area (Å²) in [7, 11) is 0. The summed E-state index contributed by atoms with van der Waals surface area (Å²) in [5, 5.41) is 15.2. The van der Waals surface area contributed by atoms with E-state index in [0.29, 0.717) is 13.2 Å². The maximum absolute atomic E-state index is 9.89. The van der Waals surface area contributed by atoms with Crippen molar-refractivity contribution in [1.82, 2.24) is 0 Å². The van der Waals surface area contributed by atoms with Gasteiger partial charge in [-0.2, -0.15) is 4.89 Å². The van der Waals surface area contributed by atoms with Crippen LogP contribution in [0.3, 0.4) is 0 Å². The molecule has 0 amide bonds. The molecule has 6 nitrogen and oxygen atoms in total. The topological polar surface area (TPSA) is 85.2 Å². The van der Waals surface area contributed by atoms with Gasteiger partial charge in [-0.15, -0.1) is 0 Å². The van der Waals surface area contributed by atoms with Gasteiger partial charge in [0.1, 0.15) is 13.2 Å². The molecule has 11 heavy (non-hydrogen) atoms. The molecule has 0 unspecified atom stereocenters. The van der Waals surface area contributed by atoms with Gasteiger partial charge in [0.25, 0.3) is 0 Å². The second-order valence-corrected chi connectivity index (χ2v) is 1.45. The van der Waals surface area contributed by atoms with Crippen LogP contribution in [-0.2, 0) is 14.5 Å². The van der Waals surface area contributed by atoms with Crippen LogP contribution in [0.1, 0.15) is 0 Å². The SMILES string of the molecule is O=C1OCCOO1.OCCO. The zero-order valence-electron chi connectivity index (χ0n) is 5.86. The van der Waals surface area contributed by atoms with Gasteiger partial charge in [-0.05, 0) is 0 Å². The van der Waals surface area contributed by atoms with E-state index in [2.05, 4.69) is 14.5 Å². The molecule has 1 aliphatic heterocycles. The van der Waals surface area contributed by atoms with Crippen molar-refractivity contribution < 1.29 is 29.5 Å². The van der Waals surface area contributed by atoms with Gasteiger partial charge in [0, 0.05) is 0 Å². The Morgan fingerprint density at radius 2 is 1.91 bits per heavy atom. The van der Waals surface area contributed by atoms with Gasteiger partial charge >= 0.3 is 6.16 Å². The van der Waals surface area contributed by atoms with Crippen molar-refractivity contribution in [3.05, 3.63) is 0 Å². The van der Waals surface area contributed by atoms with Crippen molar-refractivity contribution in [1.29, 1.82) is 0 Å². The Hall–Kier alpha value is -0.850. The number of hydrogen-bond donors (Lipinski definition) is 2. The third-order valence-electron chi connectivity index (χ3n) is 0.614. The molecule has 0 bridgehead atoms. The van der Waals surface area contributed by atoms with Crippen LogP contribution < -0.4 is 0 Å². The Balaban J connectivity index is 0.000000218. The summed E-state index contributed by atoms with van der Waals surface area (Å²) in [6, 6.07) is 0. The van der Waals surface area contributed by atoms with E-state index >= 15 is 0 Å². The predicted molar refractivity (Wildman–Crippen MR) is 32.6 cm³/mol. The molecular formula is C5H10O6. The van der Waals surface area contributed by atoms with Crippen LogP contribution in [0.5, 0.6) is 0 Å². The predicted octanol–water partition coefficient (Wildman–Crippen LogP) is -0.944. The molecule has 0 aromatic heterocycles. The number of cyclic esters (lactones) is 1. The Morgan fingerprint density at radius 1 is 1.27 bits per heavy atom. The zero-order chi connectivity index (χ0) is 8.53. The minimum Gasteiger partial charge on any atom is -0.430 e. The van der Waals surface area contributed by atoms with E-state index in [0.717, 1.165) is 0 Å². The maximum atomic E-state index is 9.89. The van der Waals surface area contributed by atoms with Crippen LogP contribution in [0.15, 0.2) is 0 Å². The quantitative estimate of drug-likeness (QED) is 0.386. The van der Waals surface area contributed by atoms with Crippen LogP contribution >= 0.6 is 0 Å². The number of hydrogen-bond acceptors (Lipinski definition) is 6. The van der Waals surface area contributed by atoms with Crippen LogP contribution in [0.4, 0.5) is 4.79 Å². The molecular weight excluding hydrogens is 156 g/mol. The van der Waals surface area contributed by atoms with Crippen LogP contribution in [0.2, 0.25) is 0 Å². The molecule has 1 aliphatic rings. The highest BCUT2D eigenvalue weighted by Gasteiger charge is 2.09. The smallest absolute Gasteiger partial charge is 0.430 e. The first-order valence-corrected chi connectivity index (χ1v) is 2.99. The number of aliphatic hydroxyl groups excluding tert-OH is 2. The van der Waals surface area contributed by atoms with Gasteiger partial charge in [0.2, 0.25) is 0 Å². The van der Waals surface area contributed by atoms with Crippen molar-refractivity contribution in [2.75, 3.05) is 26.4 Å². The number of rotatable bonds is 1. The molecule has 0 aromatic rings. The van der Waals surface area contributed by atoms with Gasteiger partial charge < -0.3 is 14.9 Å². The molecule has 1 rings (SSSR count). The summed E-state index contributed by atoms with van der Waals surface area (Å²) < 4.78 is 4.29. The summed E-state index contributed by atoms with van der Waals surface area (Å²) in [5.41, 5.74) is 0. The molecule has 1 fully saturated rings. The van der Waals surface area contributed by atoms with Crippen molar-refractivity contribution in [2.45, 2.75) is 0 Å². The van der Waals surface area contributed by atoms with Crippen molar-refractivity contribution in [2.24, 2.45) is 0 Å². The van der Waals surface area contributed by atoms with Gasteiger partial charge in [-0.25, -0.2) is 4.79 Å². The standard InChI is InChI=1S/C3H4O4.C2H6O2/c4-3-5-1-2-6-7-3;3-1-2-4/h1-2H2;3-4H,1-2H2. The number of aliphatic hydroxyl groups is 2. The first-order chi connectivity index (χ1) is 5.31. The Kier molecular flexibility index (Phi) is 6.70. The minimum absolute atomic E-state index is 0.125. The largest absolute Gasteiger partial charge is 0.540 e. The molecule has 0 spiro atoms. The molecule has 0 aliphatic carbocycles. The maximum Gasteiger partial charge on any atom is 0.540 e. The first-order valence-electron chi connectivity index (χ1n) is 2.99. The third kappa shape index (κ3) is 7.04. The lowest BCUT2D eigenvalue weighted by molar-refractivity contribution is -0.285. The summed E-state index contributed by atoms with van der Waals surface area (Å²) in [5.74, 6) is 0. The average Bonchev–Trinajstić information content (AvgIpc) is 2.07. The Morgan fingerprint density at radius 3 is 2.09 bits per heavy atom. The lowest BCUT2D eigenvalue weighted by Gasteiger charge is -2.08. The first kappa shape index (κ1) is 10.2. The van der Waals surface area contributed by atoms with Gasteiger partial charge in [0.15, 0.2) is 0 Å². The second kappa shape index (κ2) is 7.26. The molecule has 1 heterocycles. The van der Waals surface area contributed by atoms with E-state index in [-0.39, 0.29) is 13.2 Å². The summed E-state index contributed by atoms with van der Waals surface area (Å²) >= 11 is 0. The molecule has 0 aromatic carbocycles. The molecule has 66 valence electrons. The minimum atomic E-state index is -0.758. The number of ether oxygens (including phenoxy) is 1. The average molecular weight is 166 g/mol. The highest BCUT2D eigenvalue weighted by Crippen LogP contribution is 1.92. The molecule has 0 saturated carbocycles. The molecule has 2 N–H and O–H groups in total. The molecule has 1 saturated heterocycles. The Labute approximate surface area is 63.2 Å². The summed E-state index contributed by atoms with van der Waals surface area (Å²) in [6.07, 6.45) is -0.758. The second-order valence-electron chi connectivity index (χ2n) is 1.45. The molecule has 0 atom stereocenters. The highest BCUT2D eigenvalue weighted by molar-refractivity contribution is 5.59. The van der Waals surface area contributed by atoms with Crippen molar-refractivity contribution >= 4 is 6.16 Å². The zero-order valence-corrected chi connectivity index (χ0v) is 5.86. The lowest BCUT2D eigenvalue weighted by Crippen LogP contribution is -2.19. The monoisotopic (exact) mass is 166 g/mol. The molecule has 0 radical (unpaired) electrons. The van der Waals surface area contributed by atoms with Crippen molar-refractivity contribution in [3.63, 3.8) is 0 Å². The van der Waals surface area contributed by atoms with E-state index in [1.807, 2.05) is 0 Å². The fourth-order valence-electron chi connectivity index (χ4n) is 0.273. The van der Waals surface area contributed by atoms with E-state index in [1.165, 1.54) is 0 Å².